The van der Waals surface area contributed by atoms with Gasteiger partial charge in [0.15, 0.2) is 0 Å². The van der Waals surface area contributed by atoms with E-state index in [0.717, 1.165) is 73.7 Å². The average Bonchev–Trinajstić information content (AvgIpc) is 3.45. The van der Waals surface area contributed by atoms with Gasteiger partial charge in [-0.1, -0.05) is 25.0 Å². The van der Waals surface area contributed by atoms with E-state index in [1.54, 1.807) is 25.4 Å². The number of carbonyl (C=O) groups is 2. The summed E-state index contributed by atoms with van der Waals surface area (Å²) in [5.74, 6) is -0.972. The van der Waals surface area contributed by atoms with Crippen molar-refractivity contribution in [3.8, 4) is 0 Å². The van der Waals surface area contributed by atoms with Crippen molar-refractivity contribution < 1.29 is 19.1 Å². The molecular weight excluding hydrogens is 421 g/mol. The summed E-state index contributed by atoms with van der Waals surface area (Å²) < 4.78 is 15.1. The molecule has 0 spiro atoms. The molecule has 0 bridgehead atoms. The van der Waals surface area contributed by atoms with E-state index >= 15 is 0 Å². The maximum atomic E-state index is 12.9. The number of carboxylic acids is 1. The maximum Gasteiger partial charge on any atom is 0.307 e. The van der Waals surface area contributed by atoms with Crippen molar-refractivity contribution in [2.24, 2.45) is 0 Å². The third kappa shape index (κ3) is 4.49. The lowest BCUT2D eigenvalue weighted by molar-refractivity contribution is -0.136. The van der Waals surface area contributed by atoms with Crippen LogP contribution in [0.3, 0.4) is 0 Å². The molecule has 5 rings (SSSR count). The normalized spacial score (nSPS) is 16.5. The van der Waals surface area contributed by atoms with Crippen molar-refractivity contribution in [2.45, 2.75) is 63.3 Å². The number of nitrogens with zero attached hydrogens (tertiary/aromatic N) is 2. The molecule has 2 aliphatic rings. The standard InChI is InChI=1S/C13H16FNO.C13H14N2O2/c1-15-12(16)13(8-2-3-9-13)10-4-6-11(14)7-5-10;16-12(17)8-10-9-4-3-6-14-13(9)15-7-2-1-5-11(10)15/h4-7H,2-3,8-9H2,1H3,(H,15,16);3-4,6H,1-2,5,7-8H2,(H,16,17). The van der Waals surface area contributed by atoms with Crippen LogP contribution in [0.25, 0.3) is 11.0 Å². The highest BCUT2D eigenvalue weighted by Gasteiger charge is 2.41. The number of hydrogen-bond donors (Lipinski definition) is 2. The van der Waals surface area contributed by atoms with Crippen LogP contribution in [0.5, 0.6) is 0 Å². The minimum absolute atomic E-state index is 0.0524. The number of carboxylic acid groups (broad SMARTS) is 1. The summed E-state index contributed by atoms with van der Waals surface area (Å²) in [6.45, 7) is 0.961. The summed E-state index contributed by atoms with van der Waals surface area (Å²) in [5, 5.41) is 12.8. The van der Waals surface area contributed by atoms with Crippen molar-refractivity contribution in [1.29, 1.82) is 0 Å². The molecule has 174 valence electrons. The minimum atomic E-state index is -0.769. The third-order valence-corrected chi connectivity index (χ3v) is 6.93. The van der Waals surface area contributed by atoms with Crippen LogP contribution in [-0.2, 0) is 34.4 Å². The van der Waals surface area contributed by atoms with E-state index in [-0.39, 0.29) is 18.1 Å². The molecule has 0 unspecified atom stereocenters. The number of amides is 1. The van der Waals surface area contributed by atoms with E-state index in [0.29, 0.717) is 0 Å². The number of aliphatic carboxylic acids is 1. The molecule has 2 aromatic heterocycles. The fraction of sp³-hybridized carbons (Fsp3) is 0.423. The number of likely N-dealkylation sites (N-methyl/N-ethyl adjacent to an activating group) is 1. The first-order chi connectivity index (χ1) is 16.0. The first kappa shape index (κ1) is 23.0. The van der Waals surface area contributed by atoms with E-state index in [2.05, 4.69) is 14.9 Å². The Labute approximate surface area is 192 Å². The fourth-order valence-corrected chi connectivity index (χ4v) is 5.36. The predicted octanol–water partition coefficient (Wildman–Crippen LogP) is 4.38. The minimum Gasteiger partial charge on any atom is -0.481 e. The van der Waals surface area contributed by atoms with Gasteiger partial charge >= 0.3 is 5.97 Å². The van der Waals surface area contributed by atoms with Gasteiger partial charge in [0.05, 0.1) is 11.8 Å². The Morgan fingerprint density at radius 3 is 2.52 bits per heavy atom. The summed E-state index contributed by atoms with van der Waals surface area (Å²) in [4.78, 5) is 27.4. The van der Waals surface area contributed by atoms with E-state index in [1.165, 1.54) is 17.8 Å². The Morgan fingerprint density at radius 1 is 1.12 bits per heavy atom. The van der Waals surface area contributed by atoms with E-state index < -0.39 is 11.4 Å². The van der Waals surface area contributed by atoms with Crippen LogP contribution >= 0.6 is 0 Å². The number of fused-ring (bicyclic) bond motifs is 3. The van der Waals surface area contributed by atoms with Gasteiger partial charge in [0.1, 0.15) is 11.5 Å². The van der Waals surface area contributed by atoms with Crippen LogP contribution in [0.15, 0.2) is 42.6 Å². The van der Waals surface area contributed by atoms with Gasteiger partial charge in [-0.2, -0.15) is 0 Å². The van der Waals surface area contributed by atoms with Crippen LogP contribution < -0.4 is 5.32 Å². The van der Waals surface area contributed by atoms with Crippen LogP contribution in [-0.4, -0.2) is 33.6 Å². The molecule has 1 saturated carbocycles. The Morgan fingerprint density at radius 2 is 1.85 bits per heavy atom. The van der Waals surface area contributed by atoms with Gasteiger partial charge in [-0.15, -0.1) is 0 Å². The zero-order valence-electron chi connectivity index (χ0n) is 18.9. The van der Waals surface area contributed by atoms with Crippen molar-refractivity contribution >= 4 is 22.9 Å². The topological polar surface area (TPSA) is 84.2 Å². The second-order valence-corrected chi connectivity index (χ2v) is 8.85. The second kappa shape index (κ2) is 9.73. The lowest BCUT2D eigenvalue weighted by Crippen LogP contribution is -2.40. The molecule has 1 aliphatic heterocycles. The van der Waals surface area contributed by atoms with Crippen LogP contribution in [0.2, 0.25) is 0 Å². The number of aryl methyl sites for hydroxylation is 1. The molecule has 6 nitrogen and oxygen atoms in total. The van der Waals surface area contributed by atoms with Gasteiger partial charge in [0, 0.05) is 30.9 Å². The number of benzene rings is 1. The van der Waals surface area contributed by atoms with E-state index in [1.807, 2.05) is 12.1 Å². The van der Waals surface area contributed by atoms with Gasteiger partial charge in [0.2, 0.25) is 5.91 Å². The first-order valence-electron chi connectivity index (χ1n) is 11.6. The highest BCUT2D eigenvalue weighted by Crippen LogP contribution is 2.41. The summed E-state index contributed by atoms with van der Waals surface area (Å²) in [7, 11) is 1.66. The molecule has 1 aliphatic carbocycles. The highest BCUT2D eigenvalue weighted by molar-refractivity contribution is 5.88. The molecule has 1 fully saturated rings. The summed E-state index contributed by atoms with van der Waals surface area (Å²) in [6, 6.07) is 10.2. The molecule has 0 saturated heterocycles. The fourth-order valence-electron chi connectivity index (χ4n) is 5.36. The van der Waals surface area contributed by atoms with Crippen molar-refractivity contribution in [3.05, 3.63) is 65.2 Å². The number of halogens is 1. The molecule has 0 radical (unpaired) electrons. The molecule has 7 heteroatoms. The Bertz CT molecular complexity index is 1150. The number of pyridine rings is 1. The zero-order valence-corrected chi connectivity index (χ0v) is 18.9. The molecule has 33 heavy (non-hydrogen) atoms. The molecule has 3 aromatic rings. The molecule has 1 aromatic carbocycles. The number of carbonyl (C=O) groups excluding carboxylic acids is 1. The third-order valence-electron chi connectivity index (χ3n) is 6.93. The van der Waals surface area contributed by atoms with Gasteiger partial charge < -0.3 is 15.0 Å². The summed E-state index contributed by atoms with van der Waals surface area (Å²) >= 11 is 0. The molecule has 2 N–H and O–H groups in total. The van der Waals surface area contributed by atoms with Crippen LogP contribution in [0.1, 0.15) is 55.3 Å². The van der Waals surface area contributed by atoms with Crippen molar-refractivity contribution in [1.82, 2.24) is 14.9 Å². The monoisotopic (exact) mass is 451 g/mol. The second-order valence-electron chi connectivity index (χ2n) is 8.85. The maximum absolute atomic E-state index is 12.9. The number of aromatic nitrogens is 2. The largest absolute Gasteiger partial charge is 0.481 e. The van der Waals surface area contributed by atoms with Gasteiger partial charge in [0.25, 0.3) is 0 Å². The molecular formula is C26H30FN3O3. The van der Waals surface area contributed by atoms with Gasteiger partial charge in [-0.3, -0.25) is 9.59 Å². The van der Waals surface area contributed by atoms with Gasteiger partial charge in [-0.25, -0.2) is 9.37 Å². The Balaban J connectivity index is 0.000000157. The smallest absolute Gasteiger partial charge is 0.307 e. The zero-order chi connectivity index (χ0) is 23.4. The first-order valence-corrected chi connectivity index (χ1v) is 11.6. The van der Waals surface area contributed by atoms with Gasteiger partial charge in [-0.05, 0) is 67.5 Å². The highest BCUT2D eigenvalue weighted by atomic mass is 19.1. The van der Waals surface area contributed by atoms with Crippen molar-refractivity contribution in [2.75, 3.05) is 7.05 Å². The molecule has 3 heterocycles. The van der Waals surface area contributed by atoms with Crippen LogP contribution in [0, 0.1) is 5.82 Å². The SMILES string of the molecule is CNC(=O)C1(c2ccc(F)cc2)CCCC1.O=C(O)Cc1c2n(c3ncccc13)CCCC2. The van der Waals surface area contributed by atoms with Crippen molar-refractivity contribution in [3.63, 3.8) is 0 Å². The lowest BCUT2D eigenvalue weighted by atomic mass is 9.78. The number of hydrogen-bond acceptors (Lipinski definition) is 3. The Hall–Kier alpha value is -3.22. The average molecular weight is 452 g/mol. The van der Waals surface area contributed by atoms with E-state index in [9.17, 15) is 14.0 Å². The summed E-state index contributed by atoms with van der Waals surface area (Å²) in [6.07, 6.45) is 8.98. The lowest BCUT2D eigenvalue weighted by Gasteiger charge is -2.27. The summed E-state index contributed by atoms with van der Waals surface area (Å²) in [5.41, 5.74) is 3.58. The Kier molecular flexibility index (Phi) is 6.77. The van der Waals surface area contributed by atoms with E-state index in [4.69, 9.17) is 5.11 Å². The predicted molar refractivity (Wildman–Crippen MR) is 125 cm³/mol. The molecule has 0 atom stereocenters. The quantitative estimate of drug-likeness (QED) is 0.617. The molecule has 1 amide bonds. The number of rotatable bonds is 4. The number of nitrogens with one attached hydrogen (secondary N) is 1. The van der Waals surface area contributed by atoms with Crippen LogP contribution in [0.4, 0.5) is 4.39 Å².